The Bertz CT molecular complexity index is 1210. The van der Waals surface area contributed by atoms with Crippen molar-refractivity contribution in [3.05, 3.63) is 84.4 Å². The van der Waals surface area contributed by atoms with Crippen molar-refractivity contribution in [3.8, 4) is 11.1 Å². The number of carbonyl (C=O) groups is 2. The van der Waals surface area contributed by atoms with E-state index in [2.05, 4.69) is 47.8 Å². The highest BCUT2D eigenvalue weighted by atomic mass is 16.4. The van der Waals surface area contributed by atoms with Crippen molar-refractivity contribution < 1.29 is 14.7 Å². The van der Waals surface area contributed by atoms with Gasteiger partial charge in [-0.15, -0.1) is 0 Å². The smallest absolute Gasteiger partial charge is 0.326 e. The number of hydrogen-bond donors (Lipinski definition) is 2. The molecule has 0 aliphatic rings. The monoisotopic (exact) mass is 383 g/mol. The van der Waals surface area contributed by atoms with Gasteiger partial charge in [-0.1, -0.05) is 72.8 Å². The summed E-state index contributed by atoms with van der Waals surface area (Å²) < 4.78 is 0. The van der Waals surface area contributed by atoms with Gasteiger partial charge in [0.05, 0.1) is 0 Å². The van der Waals surface area contributed by atoms with Gasteiger partial charge in [0.15, 0.2) is 0 Å². The lowest BCUT2D eigenvalue weighted by molar-refractivity contribution is -0.141. The largest absolute Gasteiger partial charge is 0.480 e. The first kappa shape index (κ1) is 18.7. The van der Waals surface area contributed by atoms with Crippen molar-refractivity contribution in [1.82, 2.24) is 5.32 Å². The molecule has 144 valence electrons. The Labute approximate surface area is 168 Å². The maximum atomic E-state index is 11.4. The van der Waals surface area contributed by atoms with Crippen LogP contribution in [0.3, 0.4) is 0 Å². The van der Waals surface area contributed by atoms with Gasteiger partial charge in [0, 0.05) is 13.3 Å². The fourth-order valence-corrected chi connectivity index (χ4v) is 3.79. The maximum Gasteiger partial charge on any atom is 0.326 e. The molecule has 29 heavy (non-hydrogen) atoms. The number of nitrogens with one attached hydrogen (secondary N) is 1. The van der Waals surface area contributed by atoms with Crippen LogP contribution in [0.5, 0.6) is 0 Å². The van der Waals surface area contributed by atoms with Gasteiger partial charge in [0.1, 0.15) is 6.04 Å². The van der Waals surface area contributed by atoms with Crippen LogP contribution in [0.1, 0.15) is 12.5 Å². The number of amides is 1. The minimum atomic E-state index is -1.04. The van der Waals surface area contributed by atoms with E-state index in [1.54, 1.807) is 0 Å². The molecule has 4 nitrogen and oxygen atoms in total. The summed E-state index contributed by atoms with van der Waals surface area (Å²) in [4.78, 5) is 22.6. The zero-order chi connectivity index (χ0) is 20.4. The number of fused-ring (bicyclic) bond motifs is 3. The summed E-state index contributed by atoms with van der Waals surface area (Å²) >= 11 is 0. The standard InChI is InChI=1S/C25H21NO3/c1-16(27)26-24(25(28)29)14-17-10-12-18(13-11-17)23-15-19-6-2-3-7-20(19)21-8-4-5-9-22(21)23/h2-13,15,24H,14H2,1H3,(H,26,27)(H,28,29). The average molecular weight is 383 g/mol. The molecule has 0 heterocycles. The molecule has 0 saturated carbocycles. The molecule has 4 heteroatoms. The van der Waals surface area contributed by atoms with Gasteiger partial charge in [-0.05, 0) is 44.3 Å². The molecule has 1 amide bonds. The third-order valence-corrected chi connectivity index (χ3v) is 5.15. The SMILES string of the molecule is CC(=O)NC(Cc1ccc(-c2cc3ccccc3c3ccccc23)cc1)C(=O)O. The van der Waals surface area contributed by atoms with Crippen LogP contribution in [0, 0.1) is 0 Å². The van der Waals surface area contributed by atoms with Crippen LogP contribution in [0.4, 0.5) is 0 Å². The molecule has 4 rings (SSSR count). The topological polar surface area (TPSA) is 66.4 Å². The lowest BCUT2D eigenvalue weighted by Gasteiger charge is -2.14. The minimum absolute atomic E-state index is 0.244. The van der Waals surface area contributed by atoms with Crippen LogP contribution < -0.4 is 5.32 Å². The Morgan fingerprint density at radius 1 is 0.862 bits per heavy atom. The molecule has 4 aromatic carbocycles. The number of carbonyl (C=O) groups excluding carboxylic acids is 1. The molecular formula is C25H21NO3. The number of hydrogen-bond acceptors (Lipinski definition) is 2. The number of benzene rings is 4. The summed E-state index contributed by atoms with van der Waals surface area (Å²) in [6.45, 7) is 1.32. The highest BCUT2D eigenvalue weighted by molar-refractivity contribution is 6.13. The van der Waals surface area contributed by atoms with Crippen molar-refractivity contribution >= 4 is 33.4 Å². The molecule has 1 unspecified atom stereocenters. The van der Waals surface area contributed by atoms with Gasteiger partial charge in [-0.2, -0.15) is 0 Å². The molecule has 0 aliphatic carbocycles. The highest BCUT2D eigenvalue weighted by Gasteiger charge is 2.18. The van der Waals surface area contributed by atoms with E-state index in [1.807, 2.05) is 36.4 Å². The average Bonchev–Trinajstić information content (AvgIpc) is 2.73. The fraction of sp³-hybridized carbons (Fsp3) is 0.120. The first-order valence-corrected chi connectivity index (χ1v) is 9.52. The van der Waals surface area contributed by atoms with Gasteiger partial charge in [-0.25, -0.2) is 4.79 Å². The van der Waals surface area contributed by atoms with Crippen molar-refractivity contribution in [3.63, 3.8) is 0 Å². The first-order valence-electron chi connectivity index (χ1n) is 9.52. The summed E-state index contributed by atoms with van der Waals surface area (Å²) in [7, 11) is 0. The summed E-state index contributed by atoms with van der Waals surface area (Å²) in [5.74, 6) is -1.39. The third kappa shape index (κ3) is 3.83. The first-order chi connectivity index (χ1) is 14.0. The molecule has 2 N–H and O–H groups in total. The fourth-order valence-electron chi connectivity index (χ4n) is 3.79. The van der Waals surface area contributed by atoms with E-state index in [0.29, 0.717) is 0 Å². The Hall–Kier alpha value is -3.66. The molecule has 0 aliphatic heterocycles. The van der Waals surface area contributed by atoms with Gasteiger partial charge in [0.25, 0.3) is 0 Å². The van der Waals surface area contributed by atoms with Crippen molar-refractivity contribution in [2.45, 2.75) is 19.4 Å². The van der Waals surface area contributed by atoms with Gasteiger partial charge < -0.3 is 10.4 Å². The lowest BCUT2D eigenvalue weighted by atomic mass is 9.92. The molecule has 0 aromatic heterocycles. The quantitative estimate of drug-likeness (QED) is 0.487. The van der Waals surface area contributed by atoms with Crippen LogP contribution in [-0.4, -0.2) is 23.0 Å². The second kappa shape index (κ2) is 7.76. The summed E-state index contributed by atoms with van der Waals surface area (Å²) in [6, 6.07) is 25.9. The van der Waals surface area contributed by atoms with E-state index in [4.69, 9.17) is 0 Å². The number of rotatable bonds is 5. The second-order valence-corrected chi connectivity index (χ2v) is 7.18. The molecule has 0 spiro atoms. The molecule has 0 fully saturated rings. The van der Waals surface area contributed by atoms with Crippen LogP contribution in [0.15, 0.2) is 78.9 Å². The Morgan fingerprint density at radius 3 is 2.14 bits per heavy atom. The maximum absolute atomic E-state index is 11.4. The van der Waals surface area contributed by atoms with Crippen LogP contribution in [0.25, 0.3) is 32.7 Å². The molecule has 1 atom stereocenters. The lowest BCUT2D eigenvalue weighted by Crippen LogP contribution is -2.41. The molecule has 0 bridgehead atoms. The second-order valence-electron chi connectivity index (χ2n) is 7.18. The van der Waals surface area contributed by atoms with Gasteiger partial charge >= 0.3 is 5.97 Å². The van der Waals surface area contributed by atoms with E-state index in [9.17, 15) is 14.7 Å². The Balaban J connectivity index is 1.73. The van der Waals surface area contributed by atoms with Gasteiger partial charge in [0.2, 0.25) is 5.91 Å². The molecular weight excluding hydrogens is 362 g/mol. The molecule has 0 radical (unpaired) electrons. The zero-order valence-corrected chi connectivity index (χ0v) is 16.1. The summed E-state index contributed by atoms with van der Waals surface area (Å²) in [5, 5.41) is 16.6. The normalized spacial score (nSPS) is 12.0. The number of aliphatic carboxylic acids is 1. The van der Waals surface area contributed by atoms with Crippen molar-refractivity contribution in [2.75, 3.05) is 0 Å². The predicted molar refractivity (Wildman–Crippen MR) is 116 cm³/mol. The van der Waals surface area contributed by atoms with Crippen LogP contribution in [-0.2, 0) is 16.0 Å². The molecule has 0 saturated heterocycles. The molecule has 4 aromatic rings. The van der Waals surface area contributed by atoms with E-state index in [1.165, 1.54) is 28.5 Å². The van der Waals surface area contributed by atoms with E-state index in [0.717, 1.165) is 16.7 Å². The number of carboxylic acids is 1. The van der Waals surface area contributed by atoms with Crippen molar-refractivity contribution in [1.29, 1.82) is 0 Å². The number of carboxylic acid groups (broad SMARTS) is 1. The Morgan fingerprint density at radius 2 is 1.48 bits per heavy atom. The van der Waals surface area contributed by atoms with Crippen LogP contribution in [0.2, 0.25) is 0 Å². The Kier molecular flexibility index (Phi) is 5.00. The van der Waals surface area contributed by atoms with Crippen LogP contribution >= 0.6 is 0 Å². The van der Waals surface area contributed by atoms with Gasteiger partial charge in [-0.3, -0.25) is 4.79 Å². The van der Waals surface area contributed by atoms with E-state index >= 15 is 0 Å². The summed E-state index contributed by atoms with van der Waals surface area (Å²) in [6.07, 6.45) is 0.244. The van der Waals surface area contributed by atoms with E-state index in [-0.39, 0.29) is 12.3 Å². The minimum Gasteiger partial charge on any atom is -0.480 e. The third-order valence-electron chi connectivity index (χ3n) is 5.15. The zero-order valence-electron chi connectivity index (χ0n) is 16.1. The van der Waals surface area contributed by atoms with Crippen molar-refractivity contribution in [2.24, 2.45) is 0 Å². The summed E-state index contributed by atoms with van der Waals surface area (Å²) in [5.41, 5.74) is 3.07. The highest BCUT2D eigenvalue weighted by Crippen LogP contribution is 2.34. The predicted octanol–water partition coefficient (Wildman–Crippen LogP) is 4.79. The van der Waals surface area contributed by atoms with E-state index < -0.39 is 12.0 Å².